The molecular weight excluding hydrogens is 246 g/mol. The third kappa shape index (κ3) is 2.67. The molecule has 6 nitrogen and oxygen atoms in total. The largest absolute Gasteiger partial charge is 0.451 e. The van der Waals surface area contributed by atoms with E-state index in [1.165, 1.54) is 11.9 Å². The molecule has 0 fully saturated rings. The first-order chi connectivity index (χ1) is 9.01. The van der Waals surface area contributed by atoms with Gasteiger partial charge in [-0.15, -0.1) is 0 Å². The molecule has 2 rings (SSSR count). The topological polar surface area (TPSA) is 88.6 Å². The van der Waals surface area contributed by atoms with Gasteiger partial charge in [-0.3, -0.25) is 9.59 Å². The molecule has 0 unspecified atom stereocenters. The van der Waals surface area contributed by atoms with E-state index >= 15 is 0 Å². The number of anilines is 1. The van der Waals surface area contributed by atoms with Crippen molar-refractivity contribution in [3.63, 3.8) is 0 Å². The van der Waals surface area contributed by atoms with E-state index in [9.17, 15) is 9.59 Å². The summed E-state index contributed by atoms with van der Waals surface area (Å²) in [6, 6.07) is 6.76. The van der Waals surface area contributed by atoms with Gasteiger partial charge in [0.05, 0.1) is 6.54 Å². The van der Waals surface area contributed by atoms with Gasteiger partial charge in [0.1, 0.15) is 5.58 Å². The zero-order valence-electron chi connectivity index (χ0n) is 10.8. The monoisotopic (exact) mass is 261 g/mol. The Morgan fingerprint density at radius 3 is 2.79 bits per heavy atom. The van der Waals surface area contributed by atoms with Gasteiger partial charge in [0.25, 0.3) is 5.91 Å². The van der Waals surface area contributed by atoms with Crippen molar-refractivity contribution in [2.45, 2.75) is 0 Å². The second-order valence-corrected chi connectivity index (χ2v) is 4.24. The molecule has 1 heterocycles. The number of rotatable bonds is 3. The van der Waals surface area contributed by atoms with Crippen LogP contribution in [0.3, 0.4) is 0 Å². The predicted molar refractivity (Wildman–Crippen MR) is 71.7 cm³/mol. The van der Waals surface area contributed by atoms with Gasteiger partial charge in [0.2, 0.25) is 5.91 Å². The number of nitrogens with zero attached hydrogens (tertiary/aromatic N) is 1. The normalized spacial score (nSPS) is 10.4. The van der Waals surface area contributed by atoms with Gasteiger partial charge >= 0.3 is 0 Å². The molecule has 100 valence electrons. The first kappa shape index (κ1) is 12.9. The maximum absolute atomic E-state index is 12.1. The van der Waals surface area contributed by atoms with E-state index < -0.39 is 0 Å². The highest BCUT2D eigenvalue weighted by Gasteiger charge is 2.18. The quantitative estimate of drug-likeness (QED) is 0.801. The molecule has 2 aromatic rings. The van der Waals surface area contributed by atoms with Gasteiger partial charge < -0.3 is 20.4 Å². The van der Waals surface area contributed by atoms with Crippen molar-refractivity contribution in [3.8, 4) is 0 Å². The maximum atomic E-state index is 12.1. The fourth-order valence-corrected chi connectivity index (χ4v) is 1.72. The Bertz CT molecular complexity index is 633. The molecule has 0 atom stereocenters. The fraction of sp³-hybridized carbons (Fsp3) is 0.231. The minimum absolute atomic E-state index is 0.0193. The standard InChI is InChI=1S/C13H15N3O3/c1-15-12(17)7-16(2)13(18)11-6-8-5-9(14)3-4-10(8)19-11/h3-6H,7,14H2,1-2H3,(H,15,17). The van der Waals surface area contributed by atoms with Crippen molar-refractivity contribution in [1.29, 1.82) is 0 Å². The lowest BCUT2D eigenvalue weighted by molar-refractivity contribution is -0.121. The average Bonchev–Trinajstić information content (AvgIpc) is 2.80. The van der Waals surface area contributed by atoms with E-state index in [1.807, 2.05) is 0 Å². The number of benzene rings is 1. The molecule has 0 aliphatic carbocycles. The highest BCUT2D eigenvalue weighted by Crippen LogP contribution is 2.22. The van der Waals surface area contributed by atoms with Crippen molar-refractivity contribution in [3.05, 3.63) is 30.0 Å². The number of fused-ring (bicyclic) bond motifs is 1. The highest BCUT2D eigenvalue weighted by molar-refractivity contribution is 5.98. The number of furan rings is 1. The summed E-state index contributed by atoms with van der Waals surface area (Å²) in [6.45, 7) is -0.0193. The molecule has 2 amide bonds. The first-order valence-corrected chi connectivity index (χ1v) is 5.76. The van der Waals surface area contributed by atoms with Crippen molar-refractivity contribution in [1.82, 2.24) is 10.2 Å². The number of hydrogen-bond acceptors (Lipinski definition) is 4. The van der Waals surface area contributed by atoms with Crippen LogP contribution in [0.15, 0.2) is 28.7 Å². The summed E-state index contributed by atoms with van der Waals surface area (Å²) in [7, 11) is 3.06. The smallest absolute Gasteiger partial charge is 0.289 e. The fourth-order valence-electron chi connectivity index (χ4n) is 1.72. The number of amides is 2. The van der Waals surface area contributed by atoms with E-state index in [4.69, 9.17) is 10.2 Å². The summed E-state index contributed by atoms with van der Waals surface area (Å²) in [5.41, 5.74) is 6.85. The van der Waals surface area contributed by atoms with Crippen molar-refractivity contribution in [2.24, 2.45) is 0 Å². The Morgan fingerprint density at radius 1 is 1.37 bits per heavy atom. The lowest BCUT2D eigenvalue weighted by Gasteiger charge is -2.13. The van der Waals surface area contributed by atoms with E-state index in [0.717, 1.165) is 5.39 Å². The molecule has 1 aromatic carbocycles. The third-order valence-electron chi connectivity index (χ3n) is 2.76. The molecule has 0 saturated heterocycles. The molecule has 0 bridgehead atoms. The van der Waals surface area contributed by atoms with E-state index in [-0.39, 0.29) is 24.1 Å². The Labute approximate surface area is 110 Å². The van der Waals surface area contributed by atoms with Crippen LogP contribution in [0.25, 0.3) is 11.0 Å². The van der Waals surface area contributed by atoms with Crippen molar-refractivity contribution in [2.75, 3.05) is 26.4 Å². The highest BCUT2D eigenvalue weighted by atomic mass is 16.3. The Balaban J connectivity index is 2.23. The minimum Gasteiger partial charge on any atom is -0.451 e. The van der Waals surface area contributed by atoms with Crippen molar-refractivity contribution < 1.29 is 14.0 Å². The second kappa shape index (κ2) is 5.01. The summed E-state index contributed by atoms with van der Waals surface area (Å²) in [5, 5.41) is 3.22. The van der Waals surface area contributed by atoms with E-state index in [1.54, 1.807) is 31.3 Å². The molecule has 0 spiro atoms. The summed E-state index contributed by atoms with van der Waals surface area (Å²) in [6.07, 6.45) is 0. The number of likely N-dealkylation sites (N-methyl/N-ethyl adjacent to an activating group) is 2. The summed E-state index contributed by atoms with van der Waals surface area (Å²) in [4.78, 5) is 24.6. The second-order valence-electron chi connectivity index (χ2n) is 4.24. The molecular formula is C13H15N3O3. The number of nitrogens with two attached hydrogens (primary N) is 1. The van der Waals surface area contributed by atoms with Crippen LogP contribution in [0.2, 0.25) is 0 Å². The molecule has 6 heteroatoms. The Hall–Kier alpha value is -2.50. The summed E-state index contributed by atoms with van der Waals surface area (Å²) < 4.78 is 5.44. The first-order valence-electron chi connectivity index (χ1n) is 5.76. The lowest BCUT2D eigenvalue weighted by Crippen LogP contribution is -2.36. The number of nitrogens with one attached hydrogen (secondary N) is 1. The van der Waals surface area contributed by atoms with Gasteiger partial charge in [-0.1, -0.05) is 0 Å². The van der Waals surface area contributed by atoms with Crippen LogP contribution in [-0.4, -0.2) is 37.4 Å². The molecule has 0 radical (unpaired) electrons. The van der Waals surface area contributed by atoms with E-state index in [2.05, 4.69) is 5.32 Å². The van der Waals surface area contributed by atoms with Crippen LogP contribution in [-0.2, 0) is 4.79 Å². The van der Waals surface area contributed by atoms with Gasteiger partial charge in [-0.05, 0) is 24.3 Å². The van der Waals surface area contributed by atoms with Gasteiger partial charge in [-0.2, -0.15) is 0 Å². The average molecular weight is 261 g/mol. The molecule has 0 aliphatic rings. The molecule has 19 heavy (non-hydrogen) atoms. The van der Waals surface area contributed by atoms with Gasteiger partial charge in [0, 0.05) is 25.2 Å². The number of nitrogen functional groups attached to an aromatic ring is 1. The van der Waals surface area contributed by atoms with Crippen LogP contribution in [0, 0.1) is 0 Å². The van der Waals surface area contributed by atoms with Gasteiger partial charge in [0.15, 0.2) is 5.76 Å². The Kier molecular flexibility index (Phi) is 3.41. The van der Waals surface area contributed by atoms with Crippen LogP contribution in [0.5, 0.6) is 0 Å². The molecule has 3 N–H and O–H groups in total. The number of carbonyl (C=O) groups excluding carboxylic acids is 2. The third-order valence-corrected chi connectivity index (χ3v) is 2.76. The lowest BCUT2D eigenvalue weighted by atomic mass is 10.2. The Morgan fingerprint density at radius 2 is 2.11 bits per heavy atom. The van der Waals surface area contributed by atoms with Crippen LogP contribution in [0.1, 0.15) is 10.6 Å². The maximum Gasteiger partial charge on any atom is 0.289 e. The summed E-state index contributed by atoms with van der Waals surface area (Å²) in [5.74, 6) is -0.401. The predicted octanol–water partition coefficient (Wildman–Crippen LogP) is 0.833. The zero-order valence-corrected chi connectivity index (χ0v) is 10.8. The SMILES string of the molecule is CNC(=O)CN(C)C(=O)c1cc2cc(N)ccc2o1. The van der Waals surface area contributed by atoms with Gasteiger partial charge in [-0.25, -0.2) is 0 Å². The van der Waals surface area contributed by atoms with Crippen LogP contribution < -0.4 is 11.1 Å². The van der Waals surface area contributed by atoms with Crippen molar-refractivity contribution >= 4 is 28.5 Å². The zero-order chi connectivity index (χ0) is 14.0. The molecule has 0 saturated carbocycles. The van der Waals surface area contributed by atoms with E-state index in [0.29, 0.717) is 11.3 Å². The minimum atomic E-state index is -0.349. The number of hydrogen-bond donors (Lipinski definition) is 2. The number of carbonyl (C=O) groups is 2. The van der Waals surface area contributed by atoms with Crippen LogP contribution in [0.4, 0.5) is 5.69 Å². The molecule has 0 aliphatic heterocycles. The molecule has 1 aromatic heterocycles. The summed E-state index contributed by atoms with van der Waals surface area (Å²) >= 11 is 0. The van der Waals surface area contributed by atoms with Crippen LogP contribution >= 0.6 is 0 Å².